The van der Waals surface area contributed by atoms with E-state index in [1.54, 1.807) is 55.2 Å². The standard InChI is InChI=1S/C33H31ClF3N7O2/c1-20-7-10-25(46-32-27-19-43(3)41-30(27)39-29(40-32)21-5-4-6-23(34)15-21)17-26(20)31(45)38-24-9-8-22(28(16-24)33(35,36)37)18-44-13-11-42(2)12-14-44/h4-10,15-17,19H,11-14,18H2,1-3H3,(H,38,45). The van der Waals surface area contributed by atoms with Gasteiger partial charge in [0, 0.05) is 67.8 Å². The normalized spacial score (nSPS) is 14.5. The molecule has 1 aliphatic rings. The number of rotatable bonds is 7. The van der Waals surface area contributed by atoms with E-state index in [-0.39, 0.29) is 29.2 Å². The summed E-state index contributed by atoms with van der Waals surface area (Å²) in [5.74, 6) is 0.297. The summed E-state index contributed by atoms with van der Waals surface area (Å²) < 4.78 is 50.1. The molecule has 238 valence electrons. The van der Waals surface area contributed by atoms with Crippen LogP contribution in [0.3, 0.4) is 0 Å². The van der Waals surface area contributed by atoms with Crippen LogP contribution < -0.4 is 10.1 Å². The summed E-state index contributed by atoms with van der Waals surface area (Å²) >= 11 is 6.19. The van der Waals surface area contributed by atoms with E-state index in [1.807, 2.05) is 18.0 Å². The van der Waals surface area contributed by atoms with Crippen molar-refractivity contribution < 1.29 is 22.7 Å². The number of aryl methyl sites for hydroxylation is 2. The maximum atomic E-state index is 14.1. The number of hydrogen-bond donors (Lipinski definition) is 1. The monoisotopic (exact) mass is 649 g/mol. The maximum Gasteiger partial charge on any atom is 0.416 e. The summed E-state index contributed by atoms with van der Waals surface area (Å²) in [5, 5.41) is 8.11. The summed E-state index contributed by atoms with van der Waals surface area (Å²) in [6.45, 7) is 4.89. The molecule has 3 heterocycles. The van der Waals surface area contributed by atoms with Crippen LogP contribution in [0.4, 0.5) is 18.9 Å². The topological polar surface area (TPSA) is 88.4 Å². The van der Waals surface area contributed by atoms with Crippen LogP contribution in [0.1, 0.15) is 27.0 Å². The van der Waals surface area contributed by atoms with Crippen molar-refractivity contribution in [1.29, 1.82) is 0 Å². The maximum absolute atomic E-state index is 14.1. The van der Waals surface area contributed by atoms with E-state index in [2.05, 4.69) is 25.3 Å². The third-order valence-corrected chi connectivity index (χ3v) is 8.11. The molecule has 0 saturated carbocycles. The molecular formula is C33H31ClF3N7O2. The number of halogens is 4. The highest BCUT2D eigenvalue weighted by molar-refractivity contribution is 6.30. The number of carbonyl (C=O) groups is 1. The highest BCUT2D eigenvalue weighted by Crippen LogP contribution is 2.35. The van der Waals surface area contributed by atoms with Crippen molar-refractivity contribution in [2.24, 2.45) is 7.05 Å². The first-order chi connectivity index (χ1) is 21.9. The SMILES string of the molecule is Cc1ccc(Oc2nc(-c3cccc(Cl)c3)nc3nn(C)cc23)cc1C(=O)Nc1ccc(CN2CCN(C)CC2)c(C(F)(F)F)c1. The van der Waals surface area contributed by atoms with E-state index >= 15 is 0 Å². The Morgan fingerprint density at radius 1 is 1.00 bits per heavy atom. The Morgan fingerprint density at radius 2 is 1.78 bits per heavy atom. The van der Waals surface area contributed by atoms with Crippen LogP contribution >= 0.6 is 11.6 Å². The predicted octanol–water partition coefficient (Wildman–Crippen LogP) is 6.80. The highest BCUT2D eigenvalue weighted by Gasteiger charge is 2.34. The molecule has 3 aromatic carbocycles. The Morgan fingerprint density at radius 3 is 2.52 bits per heavy atom. The number of carbonyl (C=O) groups excluding carboxylic acids is 1. The zero-order valence-corrected chi connectivity index (χ0v) is 26.2. The fourth-order valence-corrected chi connectivity index (χ4v) is 5.54. The van der Waals surface area contributed by atoms with Gasteiger partial charge >= 0.3 is 6.18 Å². The molecule has 1 fully saturated rings. The third kappa shape index (κ3) is 6.99. The van der Waals surface area contributed by atoms with Gasteiger partial charge in [-0.05, 0) is 61.5 Å². The first-order valence-corrected chi connectivity index (χ1v) is 15.0. The van der Waals surface area contributed by atoms with E-state index in [9.17, 15) is 18.0 Å². The molecule has 1 amide bonds. The lowest BCUT2D eigenvalue weighted by molar-refractivity contribution is -0.138. The molecule has 0 unspecified atom stereocenters. The molecule has 0 radical (unpaired) electrons. The van der Waals surface area contributed by atoms with E-state index in [1.165, 1.54) is 18.2 Å². The molecule has 0 aliphatic carbocycles. The number of alkyl halides is 3. The highest BCUT2D eigenvalue weighted by atomic mass is 35.5. The van der Waals surface area contributed by atoms with E-state index in [4.69, 9.17) is 16.3 Å². The fourth-order valence-electron chi connectivity index (χ4n) is 5.35. The number of amides is 1. The average Bonchev–Trinajstić information content (AvgIpc) is 3.40. The van der Waals surface area contributed by atoms with Crippen molar-refractivity contribution >= 4 is 34.2 Å². The van der Waals surface area contributed by atoms with Gasteiger partial charge in [-0.25, -0.2) is 4.98 Å². The van der Waals surface area contributed by atoms with Crippen LogP contribution in [0.5, 0.6) is 11.6 Å². The van der Waals surface area contributed by atoms with Gasteiger partial charge in [-0.3, -0.25) is 14.4 Å². The van der Waals surface area contributed by atoms with Crippen molar-refractivity contribution in [3.63, 3.8) is 0 Å². The van der Waals surface area contributed by atoms with Crippen molar-refractivity contribution in [3.05, 3.63) is 94.1 Å². The van der Waals surface area contributed by atoms with Gasteiger partial charge in [0.05, 0.1) is 5.56 Å². The van der Waals surface area contributed by atoms with Crippen LogP contribution in [-0.2, 0) is 19.8 Å². The molecule has 0 atom stereocenters. The van der Waals surface area contributed by atoms with Crippen LogP contribution in [0, 0.1) is 6.92 Å². The van der Waals surface area contributed by atoms with Gasteiger partial charge in [-0.2, -0.15) is 23.3 Å². The Kier molecular flexibility index (Phi) is 8.69. The molecule has 1 N–H and O–H groups in total. The second-order valence-corrected chi connectivity index (χ2v) is 11.8. The minimum atomic E-state index is -4.58. The van der Waals surface area contributed by atoms with Crippen LogP contribution in [0.15, 0.2) is 66.9 Å². The van der Waals surface area contributed by atoms with E-state index in [0.29, 0.717) is 51.8 Å². The summed E-state index contributed by atoms with van der Waals surface area (Å²) in [6.07, 6.45) is -2.86. The summed E-state index contributed by atoms with van der Waals surface area (Å²) in [7, 11) is 3.75. The fraction of sp³-hybridized carbons (Fsp3) is 0.273. The van der Waals surface area contributed by atoms with E-state index < -0.39 is 17.6 Å². The molecule has 0 bridgehead atoms. The van der Waals surface area contributed by atoms with Gasteiger partial charge in [0.2, 0.25) is 5.88 Å². The Balaban J connectivity index is 1.26. The molecule has 0 spiro atoms. The van der Waals surface area contributed by atoms with Crippen LogP contribution in [-0.4, -0.2) is 68.7 Å². The lowest BCUT2D eigenvalue weighted by Gasteiger charge is -2.33. The number of hydrogen-bond acceptors (Lipinski definition) is 7. The summed E-state index contributed by atoms with van der Waals surface area (Å²) in [6, 6.07) is 15.9. The van der Waals surface area contributed by atoms with Crippen LogP contribution in [0.2, 0.25) is 5.02 Å². The quantitative estimate of drug-likeness (QED) is 0.207. The molecule has 46 heavy (non-hydrogen) atoms. The predicted molar refractivity (Wildman–Crippen MR) is 170 cm³/mol. The minimum absolute atomic E-state index is 0.0456. The molecule has 5 aromatic rings. The van der Waals surface area contributed by atoms with Crippen molar-refractivity contribution in [1.82, 2.24) is 29.5 Å². The first-order valence-electron chi connectivity index (χ1n) is 14.6. The number of anilines is 1. The number of nitrogens with one attached hydrogen (secondary N) is 1. The number of benzene rings is 3. The Bertz CT molecular complexity index is 1920. The molecule has 2 aromatic heterocycles. The average molecular weight is 650 g/mol. The smallest absolute Gasteiger partial charge is 0.416 e. The number of aromatic nitrogens is 4. The number of piperazine rings is 1. The Hall–Kier alpha value is -4.52. The van der Waals surface area contributed by atoms with Crippen LogP contribution in [0.25, 0.3) is 22.4 Å². The zero-order valence-electron chi connectivity index (χ0n) is 25.4. The minimum Gasteiger partial charge on any atom is -0.438 e. The molecule has 1 aliphatic heterocycles. The number of nitrogens with zero attached hydrogens (tertiary/aromatic N) is 6. The second kappa shape index (κ2) is 12.7. The van der Waals surface area contributed by atoms with Gasteiger partial charge in [-0.1, -0.05) is 35.9 Å². The van der Waals surface area contributed by atoms with Crippen molar-refractivity contribution in [2.45, 2.75) is 19.6 Å². The zero-order chi connectivity index (χ0) is 32.6. The van der Waals surface area contributed by atoms with Gasteiger partial charge in [0.25, 0.3) is 5.91 Å². The number of fused-ring (bicyclic) bond motifs is 1. The first kappa shape index (κ1) is 31.5. The second-order valence-electron chi connectivity index (χ2n) is 11.4. The molecule has 6 rings (SSSR count). The van der Waals surface area contributed by atoms with Crippen molar-refractivity contribution in [2.75, 3.05) is 38.5 Å². The lowest BCUT2D eigenvalue weighted by Crippen LogP contribution is -2.44. The molecular weight excluding hydrogens is 619 g/mol. The lowest BCUT2D eigenvalue weighted by atomic mass is 10.0. The summed E-state index contributed by atoms with van der Waals surface area (Å²) in [4.78, 5) is 26.7. The van der Waals surface area contributed by atoms with E-state index in [0.717, 1.165) is 19.2 Å². The Labute approximate surface area is 268 Å². The van der Waals surface area contributed by atoms with Gasteiger partial charge in [0.1, 0.15) is 11.1 Å². The number of likely N-dealkylation sites (N-methyl/N-ethyl adjacent to an activating group) is 1. The number of ether oxygens (including phenoxy) is 1. The van der Waals surface area contributed by atoms with Crippen molar-refractivity contribution in [3.8, 4) is 23.0 Å². The molecule has 9 nitrogen and oxygen atoms in total. The van der Waals surface area contributed by atoms with Gasteiger partial charge < -0.3 is 15.0 Å². The molecule has 13 heteroatoms. The van der Waals surface area contributed by atoms with Gasteiger partial charge in [-0.15, -0.1) is 0 Å². The van der Waals surface area contributed by atoms with Gasteiger partial charge in [0.15, 0.2) is 11.5 Å². The third-order valence-electron chi connectivity index (χ3n) is 7.87. The summed E-state index contributed by atoms with van der Waals surface area (Å²) in [5.41, 5.74) is 1.37. The largest absolute Gasteiger partial charge is 0.438 e. The molecule has 1 saturated heterocycles.